The van der Waals surface area contributed by atoms with Gasteiger partial charge in [-0.15, -0.1) is 0 Å². The number of sulfonamides is 1. The molecule has 1 aromatic heterocycles. The summed E-state index contributed by atoms with van der Waals surface area (Å²) in [6.45, 7) is 10.3. The minimum atomic E-state index is -3.76. The number of piperazine rings is 1. The van der Waals surface area contributed by atoms with Crippen LogP contribution in [-0.2, 0) is 16.6 Å². The summed E-state index contributed by atoms with van der Waals surface area (Å²) in [6, 6.07) is 5.16. The quantitative estimate of drug-likeness (QED) is 0.467. The summed E-state index contributed by atoms with van der Waals surface area (Å²) in [6.07, 6.45) is 5.67. The molecule has 0 spiro atoms. The first-order chi connectivity index (χ1) is 18.7. The summed E-state index contributed by atoms with van der Waals surface area (Å²) in [5, 5.41) is 0. The molecule has 1 aromatic carbocycles. The van der Waals surface area contributed by atoms with Crippen LogP contribution in [0.5, 0.6) is 5.75 Å². The lowest BCUT2D eigenvalue weighted by atomic mass is 9.97. The molecule has 3 aliphatic rings. The van der Waals surface area contributed by atoms with Crippen molar-refractivity contribution in [2.45, 2.75) is 57.0 Å². The Kier molecular flexibility index (Phi) is 8.37. The molecule has 2 saturated heterocycles. The number of aryl methyl sites for hydroxylation is 2. The summed E-state index contributed by atoms with van der Waals surface area (Å²) in [5.74, 6) is 1.78. The van der Waals surface area contributed by atoms with E-state index in [1.165, 1.54) is 30.0 Å². The van der Waals surface area contributed by atoms with Gasteiger partial charge in [-0.1, -0.05) is 0 Å². The van der Waals surface area contributed by atoms with E-state index in [1.807, 2.05) is 4.90 Å². The predicted molar refractivity (Wildman–Crippen MR) is 149 cm³/mol. The zero-order chi connectivity index (χ0) is 27.7. The summed E-state index contributed by atoms with van der Waals surface area (Å²) < 4.78 is 40.2. The minimum absolute atomic E-state index is 0.0512. The second-order valence-electron chi connectivity index (χ2n) is 11.5. The monoisotopic (exact) mass is 558 g/mol. The molecule has 10 heteroatoms. The van der Waals surface area contributed by atoms with Crippen LogP contribution in [0.25, 0.3) is 0 Å². The highest BCUT2D eigenvalue weighted by atomic mass is 32.2. The fourth-order valence-corrected chi connectivity index (χ4v) is 8.22. The lowest BCUT2D eigenvalue weighted by Crippen LogP contribution is -2.50. The highest BCUT2D eigenvalue weighted by Crippen LogP contribution is 2.37. The van der Waals surface area contributed by atoms with Gasteiger partial charge in [0.2, 0.25) is 10.0 Å². The van der Waals surface area contributed by atoms with E-state index in [0.29, 0.717) is 52.1 Å². The molecular weight excluding hydrogens is 516 g/mol. The number of amides is 1. The van der Waals surface area contributed by atoms with Crippen molar-refractivity contribution in [3.05, 3.63) is 46.9 Å². The standard InChI is InChI=1S/C29H42N4O5S/c1-21-14-26(37-4)15-22(2)28(21)39(35,36)33(25-7-8-25)19-27-16-24(20-38-27)29(34)32-12-10-31(11-13-32)18-23-6-5-9-30(3)17-23/h14-16,20,23,25H,5-13,17-19H2,1-4H3. The fourth-order valence-electron chi connectivity index (χ4n) is 6.16. The van der Waals surface area contributed by atoms with Gasteiger partial charge in [-0.2, -0.15) is 4.31 Å². The van der Waals surface area contributed by atoms with Crippen LogP contribution in [0.1, 0.15) is 52.9 Å². The van der Waals surface area contributed by atoms with E-state index >= 15 is 0 Å². The van der Waals surface area contributed by atoms with Crippen LogP contribution in [-0.4, -0.2) is 99.3 Å². The number of nitrogens with zero attached hydrogens (tertiary/aromatic N) is 4. The van der Waals surface area contributed by atoms with Gasteiger partial charge in [0.05, 0.1) is 24.1 Å². The van der Waals surface area contributed by atoms with Crippen LogP contribution in [0.2, 0.25) is 0 Å². The molecule has 0 radical (unpaired) electrons. The second-order valence-corrected chi connectivity index (χ2v) is 13.4. The van der Waals surface area contributed by atoms with Gasteiger partial charge in [0, 0.05) is 45.3 Å². The number of carbonyl (C=O) groups is 1. The molecule has 1 unspecified atom stereocenters. The average Bonchev–Trinajstić information content (AvgIpc) is 3.63. The number of benzene rings is 1. The molecule has 0 N–H and O–H groups in total. The van der Waals surface area contributed by atoms with Crippen LogP contribution < -0.4 is 4.74 Å². The number of carbonyl (C=O) groups excluding carboxylic acids is 1. The van der Waals surface area contributed by atoms with E-state index in [9.17, 15) is 13.2 Å². The number of ether oxygens (including phenoxy) is 1. The number of piperidine rings is 1. The SMILES string of the molecule is COc1cc(C)c(S(=O)(=O)N(Cc2cc(C(=O)N3CCN(CC4CCCN(C)C4)CC3)co2)C2CC2)c(C)c1. The Morgan fingerprint density at radius 2 is 1.74 bits per heavy atom. The lowest BCUT2D eigenvalue weighted by molar-refractivity contribution is 0.0588. The Hall–Kier alpha value is -2.40. The summed E-state index contributed by atoms with van der Waals surface area (Å²) in [5.41, 5.74) is 1.79. The number of hydrogen-bond acceptors (Lipinski definition) is 7. The molecular formula is C29H42N4O5S. The third-order valence-corrected chi connectivity index (χ3v) is 10.5. The van der Waals surface area contributed by atoms with E-state index in [2.05, 4.69) is 16.8 Å². The van der Waals surface area contributed by atoms with Gasteiger partial charge in [-0.25, -0.2) is 8.42 Å². The van der Waals surface area contributed by atoms with Crippen molar-refractivity contribution < 1.29 is 22.4 Å². The van der Waals surface area contributed by atoms with Gasteiger partial charge < -0.3 is 19.0 Å². The van der Waals surface area contributed by atoms with E-state index in [-0.39, 0.29) is 18.5 Å². The van der Waals surface area contributed by atoms with Crippen molar-refractivity contribution in [2.24, 2.45) is 5.92 Å². The number of rotatable bonds is 9. The Labute approximate surface area is 232 Å². The van der Waals surface area contributed by atoms with Crippen LogP contribution >= 0.6 is 0 Å². The van der Waals surface area contributed by atoms with Gasteiger partial charge in [-0.05, 0) is 88.4 Å². The normalized spacial score (nSPS) is 21.5. The first-order valence-corrected chi connectivity index (χ1v) is 15.5. The molecule has 2 aliphatic heterocycles. The molecule has 1 atom stereocenters. The van der Waals surface area contributed by atoms with Crippen molar-refractivity contribution >= 4 is 15.9 Å². The zero-order valence-electron chi connectivity index (χ0n) is 23.7. The molecule has 9 nitrogen and oxygen atoms in total. The van der Waals surface area contributed by atoms with Gasteiger partial charge in [0.25, 0.3) is 5.91 Å². The highest BCUT2D eigenvalue weighted by molar-refractivity contribution is 7.89. The maximum absolute atomic E-state index is 13.8. The van der Waals surface area contributed by atoms with E-state index in [1.54, 1.807) is 39.2 Å². The Morgan fingerprint density at radius 3 is 2.36 bits per heavy atom. The first kappa shape index (κ1) is 28.1. The topological polar surface area (TPSA) is 86.5 Å². The molecule has 2 aromatic rings. The van der Waals surface area contributed by atoms with E-state index < -0.39 is 10.0 Å². The molecule has 1 aliphatic carbocycles. The van der Waals surface area contributed by atoms with Crippen molar-refractivity contribution in [1.29, 1.82) is 0 Å². The number of hydrogen-bond donors (Lipinski definition) is 0. The summed E-state index contributed by atoms with van der Waals surface area (Å²) >= 11 is 0. The predicted octanol–water partition coefficient (Wildman–Crippen LogP) is 3.36. The maximum Gasteiger partial charge on any atom is 0.257 e. The molecule has 39 heavy (non-hydrogen) atoms. The van der Waals surface area contributed by atoms with Crippen molar-refractivity contribution in [3.8, 4) is 5.75 Å². The largest absolute Gasteiger partial charge is 0.497 e. The number of methoxy groups -OCH3 is 1. The van der Waals surface area contributed by atoms with Crippen molar-refractivity contribution in [2.75, 3.05) is 60.0 Å². The third kappa shape index (κ3) is 6.34. The minimum Gasteiger partial charge on any atom is -0.497 e. The van der Waals surface area contributed by atoms with Crippen LogP contribution in [0.3, 0.4) is 0 Å². The Balaban J connectivity index is 1.22. The van der Waals surface area contributed by atoms with Gasteiger partial charge >= 0.3 is 0 Å². The van der Waals surface area contributed by atoms with Crippen molar-refractivity contribution in [1.82, 2.24) is 19.0 Å². The Morgan fingerprint density at radius 1 is 1.05 bits per heavy atom. The van der Waals surface area contributed by atoms with Crippen molar-refractivity contribution in [3.63, 3.8) is 0 Å². The average molecular weight is 559 g/mol. The molecule has 3 heterocycles. The zero-order valence-corrected chi connectivity index (χ0v) is 24.5. The number of furan rings is 1. The van der Waals surface area contributed by atoms with E-state index in [0.717, 1.165) is 39.0 Å². The molecule has 5 rings (SSSR count). The molecule has 1 amide bonds. The summed E-state index contributed by atoms with van der Waals surface area (Å²) in [4.78, 5) is 20.3. The van der Waals surface area contributed by atoms with Crippen LogP contribution in [0.4, 0.5) is 0 Å². The fraction of sp³-hybridized carbons (Fsp3) is 0.621. The van der Waals surface area contributed by atoms with E-state index in [4.69, 9.17) is 9.15 Å². The molecule has 1 saturated carbocycles. The maximum atomic E-state index is 13.8. The molecule has 214 valence electrons. The second kappa shape index (κ2) is 11.6. The molecule has 0 bridgehead atoms. The van der Waals surface area contributed by atoms with Gasteiger partial charge in [-0.3, -0.25) is 9.69 Å². The molecule has 3 fully saturated rings. The van der Waals surface area contributed by atoms with Gasteiger partial charge in [0.15, 0.2) is 0 Å². The Bertz CT molecular complexity index is 1260. The smallest absolute Gasteiger partial charge is 0.257 e. The first-order valence-electron chi connectivity index (χ1n) is 14.1. The van der Waals surface area contributed by atoms with Crippen LogP contribution in [0, 0.1) is 19.8 Å². The number of likely N-dealkylation sites (tertiary alicyclic amines) is 1. The highest BCUT2D eigenvalue weighted by Gasteiger charge is 2.40. The van der Waals surface area contributed by atoms with Gasteiger partial charge in [0.1, 0.15) is 17.8 Å². The lowest BCUT2D eigenvalue weighted by Gasteiger charge is -2.38. The van der Waals surface area contributed by atoms with Crippen LogP contribution in [0.15, 0.2) is 33.8 Å². The third-order valence-electron chi connectivity index (χ3n) is 8.30. The summed E-state index contributed by atoms with van der Waals surface area (Å²) in [7, 11) is 0.00927.